The molecule has 1 aromatic carbocycles. The van der Waals surface area contributed by atoms with Gasteiger partial charge in [-0.25, -0.2) is 4.39 Å². The second-order valence-electron chi connectivity index (χ2n) is 3.79. The minimum Gasteiger partial charge on any atom is -0.469 e. The van der Waals surface area contributed by atoms with Crippen molar-refractivity contribution in [2.24, 2.45) is 0 Å². The van der Waals surface area contributed by atoms with Crippen molar-refractivity contribution in [1.29, 1.82) is 0 Å². The van der Waals surface area contributed by atoms with Gasteiger partial charge in [0.25, 0.3) is 0 Å². The number of halogens is 1. The van der Waals surface area contributed by atoms with Crippen LogP contribution in [0.3, 0.4) is 0 Å². The first-order valence-corrected chi connectivity index (χ1v) is 5.41. The molecule has 0 aromatic heterocycles. The Morgan fingerprint density at radius 2 is 1.81 bits per heavy atom. The molecule has 0 bridgehead atoms. The Balaban J connectivity index is 2.82. The maximum absolute atomic E-state index is 13.3. The van der Waals surface area contributed by atoms with Crippen LogP contribution in [-0.2, 0) is 9.53 Å². The molecule has 0 saturated carbocycles. The number of carbonyl (C=O) groups excluding carboxylic acids is 1. The van der Waals surface area contributed by atoms with E-state index in [-0.39, 0.29) is 11.9 Å². The van der Waals surface area contributed by atoms with E-state index in [1.165, 1.54) is 7.11 Å². The second-order valence-corrected chi connectivity index (χ2v) is 3.79. The molecule has 0 spiro atoms. The third-order valence-electron chi connectivity index (χ3n) is 2.71. The lowest BCUT2D eigenvalue weighted by molar-refractivity contribution is -0.141. The molecule has 0 amide bonds. The number of ether oxygens (including phenoxy) is 1. The predicted molar refractivity (Wildman–Crippen MR) is 61.0 cm³/mol. The smallest absolute Gasteiger partial charge is 0.312 e. The maximum Gasteiger partial charge on any atom is 0.312 e. The third-order valence-corrected chi connectivity index (χ3v) is 2.71. The SMILES string of the molecule is CCC(F)c1ccc(C(C)C(=O)OC)cc1. The number of alkyl halides is 1. The first kappa shape index (κ1) is 12.7. The Kier molecular flexibility index (Phi) is 4.47. The molecular formula is C13H17FO2. The summed E-state index contributed by atoms with van der Waals surface area (Å²) in [6.45, 7) is 3.57. The van der Waals surface area contributed by atoms with Gasteiger partial charge in [-0.1, -0.05) is 31.2 Å². The Morgan fingerprint density at radius 1 is 1.31 bits per heavy atom. The van der Waals surface area contributed by atoms with E-state index in [1.807, 2.05) is 0 Å². The van der Waals surface area contributed by atoms with Crippen molar-refractivity contribution < 1.29 is 13.9 Å². The van der Waals surface area contributed by atoms with Crippen molar-refractivity contribution in [2.45, 2.75) is 32.4 Å². The summed E-state index contributed by atoms with van der Waals surface area (Å²) in [5.41, 5.74) is 1.50. The van der Waals surface area contributed by atoms with E-state index >= 15 is 0 Å². The van der Waals surface area contributed by atoms with Crippen LogP contribution in [-0.4, -0.2) is 13.1 Å². The molecule has 2 atom stereocenters. The zero-order chi connectivity index (χ0) is 12.1. The maximum atomic E-state index is 13.3. The van der Waals surface area contributed by atoms with Crippen molar-refractivity contribution in [3.63, 3.8) is 0 Å². The highest BCUT2D eigenvalue weighted by atomic mass is 19.1. The van der Waals surface area contributed by atoms with Gasteiger partial charge in [0, 0.05) is 0 Å². The fourth-order valence-corrected chi connectivity index (χ4v) is 1.54. The van der Waals surface area contributed by atoms with Crippen LogP contribution in [0.4, 0.5) is 4.39 Å². The van der Waals surface area contributed by atoms with Crippen LogP contribution < -0.4 is 0 Å². The van der Waals surface area contributed by atoms with Gasteiger partial charge in [0.15, 0.2) is 0 Å². The summed E-state index contributed by atoms with van der Waals surface area (Å²) in [6, 6.07) is 7.00. The third kappa shape index (κ3) is 2.81. The minimum absolute atomic E-state index is 0.278. The number of rotatable bonds is 4. The van der Waals surface area contributed by atoms with Crippen LogP contribution in [0.15, 0.2) is 24.3 Å². The highest BCUT2D eigenvalue weighted by molar-refractivity contribution is 5.77. The molecule has 1 rings (SSSR count). The molecule has 0 N–H and O–H groups in total. The van der Waals surface area contributed by atoms with E-state index in [2.05, 4.69) is 4.74 Å². The van der Waals surface area contributed by atoms with E-state index < -0.39 is 6.17 Å². The van der Waals surface area contributed by atoms with Crippen molar-refractivity contribution >= 4 is 5.97 Å². The summed E-state index contributed by atoms with van der Waals surface area (Å²) >= 11 is 0. The molecule has 0 heterocycles. The molecular weight excluding hydrogens is 207 g/mol. The lowest BCUT2D eigenvalue weighted by atomic mass is 9.98. The van der Waals surface area contributed by atoms with Crippen LogP contribution in [0, 0.1) is 0 Å². The fourth-order valence-electron chi connectivity index (χ4n) is 1.54. The largest absolute Gasteiger partial charge is 0.469 e. The van der Waals surface area contributed by atoms with E-state index in [9.17, 15) is 9.18 Å². The van der Waals surface area contributed by atoms with Crippen LogP contribution >= 0.6 is 0 Å². The second kappa shape index (κ2) is 5.64. The number of benzene rings is 1. The highest BCUT2D eigenvalue weighted by Crippen LogP contribution is 2.23. The average molecular weight is 224 g/mol. The van der Waals surface area contributed by atoms with E-state index in [0.29, 0.717) is 12.0 Å². The number of methoxy groups -OCH3 is 1. The topological polar surface area (TPSA) is 26.3 Å². The first-order chi connectivity index (χ1) is 7.60. The normalized spacial score (nSPS) is 14.2. The number of carbonyl (C=O) groups is 1. The molecule has 0 radical (unpaired) electrons. The zero-order valence-corrected chi connectivity index (χ0v) is 9.87. The number of hydrogen-bond donors (Lipinski definition) is 0. The Hall–Kier alpha value is -1.38. The number of esters is 1. The van der Waals surface area contributed by atoms with E-state index in [4.69, 9.17) is 0 Å². The lowest BCUT2D eigenvalue weighted by Crippen LogP contribution is -2.10. The van der Waals surface area contributed by atoms with Gasteiger partial charge in [0.2, 0.25) is 0 Å². The Bertz CT molecular complexity index is 345. The van der Waals surface area contributed by atoms with Crippen molar-refractivity contribution in [3.8, 4) is 0 Å². The van der Waals surface area contributed by atoms with E-state index in [1.54, 1.807) is 38.1 Å². The molecule has 0 aliphatic heterocycles. The average Bonchev–Trinajstić information content (AvgIpc) is 2.36. The van der Waals surface area contributed by atoms with Gasteiger partial charge in [0.05, 0.1) is 13.0 Å². The molecule has 1 aromatic rings. The predicted octanol–water partition coefficient (Wildman–Crippen LogP) is 3.38. The van der Waals surface area contributed by atoms with E-state index in [0.717, 1.165) is 5.56 Å². The molecule has 0 aliphatic rings. The summed E-state index contributed by atoms with van der Waals surface area (Å²) in [5.74, 6) is -0.584. The van der Waals surface area contributed by atoms with Crippen LogP contribution in [0.5, 0.6) is 0 Å². The minimum atomic E-state index is -0.928. The zero-order valence-electron chi connectivity index (χ0n) is 9.87. The molecule has 0 aliphatic carbocycles. The highest BCUT2D eigenvalue weighted by Gasteiger charge is 2.16. The van der Waals surface area contributed by atoms with Gasteiger partial charge >= 0.3 is 5.97 Å². The van der Waals surface area contributed by atoms with Crippen LogP contribution in [0.2, 0.25) is 0 Å². The Morgan fingerprint density at radius 3 is 2.25 bits per heavy atom. The van der Waals surface area contributed by atoms with Crippen molar-refractivity contribution in [3.05, 3.63) is 35.4 Å². The van der Waals surface area contributed by atoms with Gasteiger partial charge in [-0.05, 0) is 24.5 Å². The summed E-state index contributed by atoms with van der Waals surface area (Å²) in [7, 11) is 1.36. The molecule has 0 saturated heterocycles. The standard InChI is InChI=1S/C13H17FO2/c1-4-12(14)11-7-5-10(6-8-11)9(2)13(15)16-3/h5-9,12H,4H2,1-3H3. The monoisotopic (exact) mass is 224 g/mol. The quantitative estimate of drug-likeness (QED) is 0.733. The summed E-state index contributed by atoms with van der Waals surface area (Å²) < 4.78 is 18.0. The van der Waals surface area contributed by atoms with Gasteiger partial charge in [-0.3, -0.25) is 4.79 Å². The molecule has 3 heteroatoms. The molecule has 2 unspecified atom stereocenters. The molecule has 16 heavy (non-hydrogen) atoms. The fraction of sp³-hybridized carbons (Fsp3) is 0.462. The van der Waals surface area contributed by atoms with Crippen LogP contribution in [0.1, 0.15) is 43.5 Å². The van der Waals surface area contributed by atoms with Gasteiger partial charge < -0.3 is 4.74 Å². The summed E-state index contributed by atoms with van der Waals surface area (Å²) in [6.07, 6.45) is -0.464. The summed E-state index contributed by atoms with van der Waals surface area (Å²) in [4.78, 5) is 11.3. The van der Waals surface area contributed by atoms with Gasteiger partial charge in [-0.2, -0.15) is 0 Å². The Labute approximate surface area is 95.4 Å². The van der Waals surface area contributed by atoms with Gasteiger partial charge in [0.1, 0.15) is 6.17 Å². The molecule has 2 nitrogen and oxygen atoms in total. The lowest BCUT2D eigenvalue weighted by Gasteiger charge is -2.11. The number of hydrogen-bond acceptors (Lipinski definition) is 2. The molecule has 0 fully saturated rings. The van der Waals surface area contributed by atoms with Crippen molar-refractivity contribution in [1.82, 2.24) is 0 Å². The summed E-state index contributed by atoms with van der Waals surface area (Å²) in [5, 5.41) is 0. The van der Waals surface area contributed by atoms with Crippen LogP contribution in [0.25, 0.3) is 0 Å². The van der Waals surface area contributed by atoms with Crippen molar-refractivity contribution in [2.75, 3.05) is 7.11 Å². The first-order valence-electron chi connectivity index (χ1n) is 5.41. The van der Waals surface area contributed by atoms with Gasteiger partial charge in [-0.15, -0.1) is 0 Å². The molecule has 88 valence electrons.